The Balaban J connectivity index is 2.31. The van der Waals surface area contributed by atoms with Crippen LogP contribution < -0.4 is 0 Å². The SMILES string of the molecule is C=C(CN=C(C)C(C)C)C1CC1. The van der Waals surface area contributed by atoms with Gasteiger partial charge in [-0.15, -0.1) is 0 Å². The molecule has 1 aliphatic rings. The first-order valence-corrected chi connectivity index (χ1v) is 4.80. The van der Waals surface area contributed by atoms with Crippen molar-refractivity contribution in [3.63, 3.8) is 0 Å². The number of nitrogens with zero attached hydrogens (tertiary/aromatic N) is 1. The Labute approximate surface area is 75.6 Å². The smallest absolute Gasteiger partial charge is 0.0599 e. The van der Waals surface area contributed by atoms with Crippen LogP contribution in [0.5, 0.6) is 0 Å². The Morgan fingerprint density at radius 1 is 1.50 bits per heavy atom. The van der Waals surface area contributed by atoms with E-state index in [2.05, 4.69) is 32.3 Å². The lowest BCUT2D eigenvalue weighted by Gasteiger charge is -2.04. The predicted octanol–water partition coefficient (Wildman–Crippen LogP) is 3.07. The van der Waals surface area contributed by atoms with Crippen molar-refractivity contribution in [1.29, 1.82) is 0 Å². The molecule has 0 radical (unpaired) electrons. The van der Waals surface area contributed by atoms with Crippen molar-refractivity contribution in [2.45, 2.75) is 33.6 Å². The molecule has 0 spiro atoms. The zero-order valence-electron chi connectivity index (χ0n) is 8.43. The van der Waals surface area contributed by atoms with Gasteiger partial charge in [0.1, 0.15) is 0 Å². The van der Waals surface area contributed by atoms with Crippen molar-refractivity contribution in [1.82, 2.24) is 0 Å². The molecule has 1 aliphatic carbocycles. The molecule has 12 heavy (non-hydrogen) atoms. The molecule has 0 aromatic heterocycles. The molecule has 0 saturated heterocycles. The molecule has 0 aromatic rings. The minimum atomic E-state index is 0.581. The third-order valence-corrected chi connectivity index (χ3v) is 2.52. The summed E-state index contributed by atoms with van der Waals surface area (Å²) in [5.74, 6) is 1.38. The highest BCUT2D eigenvalue weighted by Crippen LogP contribution is 2.35. The lowest BCUT2D eigenvalue weighted by atomic mass is 10.1. The summed E-state index contributed by atoms with van der Waals surface area (Å²) in [6.07, 6.45) is 2.68. The van der Waals surface area contributed by atoms with Gasteiger partial charge < -0.3 is 0 Å². The second-order valence-corrected chi connectivity index (χ2v) is 4.04. The molecule has 0 bridgehead atoms. The van der Waals surface area contributed by atoms with Crippen LogP contribution in [-0.2, 0) is 0 Å². The lowest BCUT2D eigenvalue weighted by Crippen LogP contribution is -2.03. The monoisotopic (exact) mass is 165 g/mol. The molecule has 0 amide bonds. The molecule has 0 atom stereocenters. The minimum Gasteiger partial charge on any atom is -0.290 e. The van der Waals surface area contributed by atoms with Gasteiger partial charge in [0.05, 0.1) is 6.54 Å². The highest BCUT2D eigenvalue weighted by molar-refractivity contribution is 5.83. The van der Waals surface area contributed by atoms with Crippen molar-refractivity contribution in [2.75, 3.05) is 6.54 Å². The lowest BCUT2D eigenvalue weighted by molar-refractivity contribution is 0.858. The van der Waals surface area contributed by atoms with Crippen LogP contribution in [0, 0.1) is 11.8 Å². The predicted molar refractivity (Wildman–Crippen MR) is 54.7 cm³/mol. The van der Waals surface area contributed by atoms with Crippen LogP contribution in [-0.4, -0.2) is 12.3 Å². The van der Waals surface area contributed by atoms with E-state index in [1.54, 1.807) is 0 Å². The largest absolute Gasteiger partial charge is 0.290 e. The highest BCUT2D eigenvalue weighted by atomic mass is 14.7. The fraction of sp³-hybridized carbons (Fsp3) is 0.727. The van der Waals surface area contributed by atoms with Crippen molar-refractivity contribution in [3.8, 4) is 0 Å². The van der Waals surface area contributed by atoms with Crippen LogP contribution in [0.15, 0.2) is 17.1 Å². The maximum Gasteiger partial charge on any atom is 0.0599 e. The van der Waals surface area contributed by atoms with Crippen LogP contribution in [0.3, 0.4) is 0 Å². The Kier molecular flexibility index (Phi) is 3.07. The summed E-state index contributed by atoms with van der Waals surface area (Å²) in [5.41, 5.74) is 2.58. The summed E-state index contributed by atoms with van der Waals surface area (Å²) in [6, 6.07) is 0. The van der Waals surface area contributed by atoms with Gasteiger partial charge in [0.15, 0.2) is 0 Å². The second kappa shape index (κ2) is 3.88. The molecule has 1 nitrogen and oxygen atoms in total. The third kappa shape index (κ3) is 2.80. The second-order valence-electron chi connectivity index (χ2n) is 4.04. The standard InChI is InChI=1S/C11H19N/c1-8(2)10(4)12-7-9(3)11-5-6-11/h8,11H,3,5-7H2,1-2,4H3. The van der Waals surface area contributed by atoms with E-state index in [0.29, 0.717) is 5.92 Å². The van der Waals surface area contributed by atoms with Crippen LogP contribution >= 0.6 is 0 Å². The summed E-state index contributed by atoms with van der Waals surface area (Å²) in [4.78, 5) is 4.50. The van der Waals surface area contributed by atoms with E-state index in [1.807, 2.05) is 0 Å². The van der Waals surface area contributed by atoms with Gasteiger partial charge >= 0.3 is 0 Å². The molecule has 1 heteroatoms. The summed E-state index contributed by atoms with van der Waals surface area (Å²) < 4.78 is 0. The quantitative estimate of drug-likeness (QED) is 0.448. The van der Waals surface area contributed by atoms with Crippen molar-refractivity contribution >= 4 is 5.71 Å². The molecule has 0 aromatic carbocycles. The molecular weight excluding hydrogens is 146 g/mol. The van der Waals surface area contributed by atoms with Gasteiger partial charge in [0.2, 0.25) is 0 Å². The number of aliphatic imine (C=N–C) groups is 1. The van der Waals surface area contributed by atoms with E-state index in [1.165, 1.54) is 24.1 Å². The number of hydrogen-bond donors (Lipinski definition) is 0. The van der Waals surface area contributed by atoms with E-state index in [9.17, 15) is 0 Å². The zero-order valence-corrected chi connectivity index (χ0v) is 8.43. The van der Waals surface area contributed by atoms with Crippen LogP contribution in [0.1, 0.15) is 33.6 Å². The Morgan fingerprint density at radius 3 is 2.50 bits per heavy atom. The highest BCUT2D eigenvalue weighted by Gasteiger charge is 2.23. The minimum absolute atomic E-state index is 0.581. The molecule has 0 heterocycles. The fourth-order valence-corrected chi connectivity index (χ4v) is 1.03. The third-order valence-electron chi connectivity index (χ3n) is 2.52. The van der Waals surface area contributed by atoms with Gasteiger partial charge in [-0.1, -0.05) is 26.0 Å². The summed E-state index contributed by atoms with van der Waals surface area (Å²) in [6.45, 7) is 11.4. The maximum atomic E-state index is 4.50. The molecule has 1 rings (SSSR count). The Morgan fingerprint density at radius 2 is 2.08 bits per heavy atom. The van der Waals surface area contributed by atoms with E-state index in [-0.39, 0.29) is 0 Å². The fourth-order valence-electron chi connectivity index (χ4n) is 1.03. The molecule has 0 unspecified atom stereocenters. The van der Waals surface area contributed by atoms with Crippen LogP contribution in [0.2, 0.25) is 0 Å². The van der Waals surface area contributed by atoms with Crippen LogP contribution in [0.25, 0.3) is 0 Å². The first-order valence-electron chi connectivity index (χ1n) is 4.80. The first-order chi connectivity index (χ1) is 5.61. The van der Waals surface area contributed by atoms with E-state index in [0.717, 1.165) is 12.5 Å². The molecule has 1 saturated carbocycles. The first kappa shape index (κ1) is 9.50. The summed E-state index contributed by atoms with van der Waals surface area (Å²) >= 11 is 0. The van der Waals surface area contributed by atoms with Crippen LogP contribution in [0.4, 0.5) is 0 Å². The molecule has 68 valence electrons. The van der Waals surface area contributed by atoms with Gasteiger partial charge in [0, 0.05) is 5.71 Å². The Hall–Kier alpha value is -0.590. The molecule has 0 N–H and O–H groups in total. The van der Waals surface area contributed by atoms with Crippen molar-refractivity contribution < 1.29 is 0 Å². The maximum absolute atomic E-state index is 4.50. The van der Waals surface area contributed by atoms with Gasteiger partial charge in [-0.05, 0) is 31.6 Å². The van der Waals surface area contributed by atoms with E-state index in [4.69, 9.17) is 0 Å². The average Bonchev–Trinajstić information content (AvgIpc) is 2.81. The number of hydrogen-bond acceptors (Lipinski definition) is 1. The number of rotatable bonds is 4. The van der Waals surface area contributed by atoms with Gasteiger partial charge in [0.25, 0.3) is 0 Å². The molecule has 1 fully saturated rings. The van der Waals surface area contributed by atoms with Crippen molar-refractivity contribution in [2.24, 2.45) is 16.8 Å². The molecule has 0 aliphatic heterocycles. The molecular formula is C11H19N. The summed E-state index contributed by atoms with van der Waals surface area (Å²) in [7, 11) is 0. The average molecular weight is 165 g/mol. The van der Waals surface area contributed by atoms with Gasteiger partial charge in [-0.25, -0.2) is 0 Å². The topological polar surface area (TPSA) is 12.4 Å². The summed E-state index contributed by atoms with van der Waals surface area (Å²) in [5, 5.41) is 0. The van der Waals surface area contributed by atoms with E-state index >= 15 is 0 Å². The van der Waals surface area contributed by atoms with Gasteiger partial charge in [-0.2, -0.15) is 0 Å². The van der Waals surface area contributed by atoms with E-state index < -0.39 is 0 Å². The van der Waals surface area contributed by atoms with Crippen molar-refractivity contribution in [3.05, 3.63) is 12.2 Å². The normalized spacial score (nSPS) is 18.5. The zero-order chi connectivity index (χ0) is 9.14. The Bertz CT molecular complexity index is 197. The van der Waals surface area contributed by atoms with Gasteiger partial charge in [-0.3, -0.25) is 4.99 Å².